The SMILES string of the molecule is Cc1nc(-c2cccs2)sc1-c1ccc(=S)[nH]n1. The topological polar surface area (TPSA) is 41.6 Å². The number of thiophene rings is 1. The summed E-state index contributed by atoms with van der Waals surface area (Å²) >= 11 is 8.35. The number of aromatic amines is 1. The summed E-state index contributed by atoms with van der Waals surface area (Å²) in [7, 11) is 0. The van der Waals surface area contributed by atoms with Crippen LogP contribution in [0.15, 0.2) is 29.6 Å². The predicted molar refractivity (Wildman–Crippen MR) is 78.6 cm³/mol. The second kappa shape index (κ2) is 4.72. The second-order valence-corrected chi connectivity index (χ2v) is 6.10. The number of H-pyrrole nitrogens is 1. The minimum Gasteiger partial charge on any atom is -0.267 e. The third-order valence-electron chi connectivity index (χ3n) is 2.44. The highest BCUT2D eigenvalue weighted by Crippen LogP contribution is 2.35. The molecule has 3 aromatic heterocycles. The van der Waals surface area contributed by atoms with Gasteiger partial charge in [0, 0.05) is 0 Å². The Bertz CT molecular complexity index is 705. The van der Waals surface area contributed by atoms with Crippen LogP contribution in [-0.2, 0) is 0 Å². The van der Waals surface area contributed by atoms with Crippen molar-refractivity contribution in [2.45, 2.75) is 6.92 Å². The van der Waals surface area contributed by atoms with Gasteiger partial charge in [0.15, 0.2) is 0 Å². The van der Waals surface area contributed by atoms with Crippen molar-refractivity contribution >= 4 is 34.9 Å². The molecule has 0 bridgehead atoms. The zero-order valence-corrected chi connectivity index (χ0v) is 12.0. The van der Waals surface area contributed by atoms with Gasteiger partial charge in [-0.2, -0.15) is 5.10 Å². The van der Waals surface area contributed by atoms with Crippen molar-refractivity contribution in [1.82, 2.24) is 15.2 Å². The Hall–Kier alpha value is -1.37. The van der Waals surface area contributed by atoms with Gasteiger partial charge in [-0.25, -0.2) is 4.98 Å². The third-order valence-corrected chi connectivity index (χ3v) is 4.89. The van der Waals surface area contributed by atoms with Crippen molar-refractivity contribution in [2.24, 2.45) is 0 Å². The molecule has 0 saturated carbocycles. The summed E-state index contributed by atoms with van der Waals surface area (Å²) < 4.78 is 0.638. The molecule has 1 N–H and O–H groups in total. The molecule has 6 heteroatoms. The number of nitrogens with one attached hydrogen (secondary N) is 1. The van der Waals surface area contributed by atoms with Crippen LogP contribution in [0.2, 0.25) is 0 Å². The van der Waals surface area contributed by atoms with Crippen molar-refractivity contribution in [1.29, 1.82) is 0 Å². The number of rotatable bonds is 2. The lowest BCUT2D eigenvalue weighted by Gasteiger charge is -1.95. The quantitative estimate of drug-likeness (QED) is 0.716. The Balaban J connectivity index is 2.08. The van der Waals surface area contributed by atoms with E-state index in [2.05, 4.69) is 26.6 Å². The Morgan fingerprint density at radius 2 is 2.17 bits per heavy atom. The van der Waals surface area contributed by atoms with E-state index < -0.39 is 0 Å². The summed E-state index contributed by atoms with van der Waals surface area (Å²) in [4.78, 5) is 6.88. The van der Waals surface area contributed by atoms with Gasteiger partial charge in [0.25, 0.3) is 0 Å². The number of nitrogens with zero attached hydrogens (tertiary/aromatic N) is 2. The zero-order valence-electron chi connectivity index (χ0n) is 9.51. The molecule has 0 spiro atoms. The number of aromatic nitrogens is 3. The first-order chi connectivity index (χ1) is 8.74. The van der Waals surface area contributed by atoms with E-state index in [4.69, 9.17) is 12.2 Å². The molecule has 3 rings (SSSR count). The van der Waals surface area contributed by atoms with Crippen LogP contribution in [0.5, 0.6) is 0 Å². The minimum absolute atomic E-state index is 0.638. The largest absolute Gasteiger partial charge is 0.267 e. The normalized spacial score (nSPS) is 10.7. The van der Waals surface area contributed by atoms with Crippen molar-refractivity contribution in [3.63, 3.8) is 0 Å². The second-order valence-electron chi connectivity index (χ2n) is 3.72. The lowest BCUT2D eigenvalue weighted by Crippen LogP contribution is -1.86. The van der Waals surface area contributed by atoms with Gasteiger partial charge in [-0.05, 0) is 30.5 Å². The van der Waals surface area contributed by atoms with E-state index in [1.165, 1.54) is 4.88 Å². The molecule has 0 radical (unpaired) electrons. The van der Waals surface area contributed by atoms with Crippen LogP contribution in [0.3, 0.4) is 0 Å². The summed E-state index contributed by atoms with van der Waals surface area (Å²) in [5.41, 5.74) is 1.89. The van der Waals surface area contributed by atoms with Crippen LogP contribution < -0.4 is 0 Å². The summed E-state index contributed by atoms with van der Waals surface area (Å²) in [6, 6.07) is 7.90. The Morgan fingerprint density at radius 1 is 1.28 bits per heavy atom. The van der Waals surface area contributed by atoms with E-state index in [0.29, 0.717) is 4.64 Å². The molecule has 18 heavy (non-hydrogen) atoms. The molecule has 0 saturated heterocycles. The Morgan fingerprint density at radius 3 is 2.83 bits per heavy atom. The van der Waals surface area contributed by atoms with Gasteiger partial charge >= 0.3 is 0 Å². The highest BCUT2D eigenvalue weighted by molar-refractivity contribution is 7.71. The van der Waals surface area contributed by atoms with Gasteiger partial charge in [0.1, 0.15) is 15.3 Å². The molecule has 0 atom stereocenters. The Labute approximate surface area is 117 Å². The Kier molecular flexibility index (Phi) is 3.07. The van der Waals surface area contributed by atoms with Gasteiger partial charge in [-0.15, -0.1) is 22.7 Å². The predicted octanol–water partition coefficient (Wildman–Crippen LogP) is 4.30. The van der Waals surface area contributed by atoms with Gasteiger partial charge in [0.05, 0.1) is 15.4 Å². The summed E-state index contributed by atoms with van der Waals surface area (Å²) in [5, 5.41) is 10.2. The zero-order chi connectivity index (χ0) is 12.5. The number of aryl methyl sites for hydroxylation is 1. The van der Waals surface area contributed by atoms with Gasteiger partial charge in [-0.3, -0.25) is 5.10 Å². The average molecular weight is 291 g/mol. The van der Waals surface area contributed by atoms with E-state index >= 15 is 0 Å². The van der Waals surface area contributed by atoms with Crippen molar-refractivity contribution in [2.75, 3.05) is 0 Å². The molecule has 0 aliphatic heterocycles. The van der Waals surface area contributed by atoms with Crippen molar-refractivity contribution < 1.29 is 0 Å². The first-order valence-corrected chi connectivity index (χ1v) is 7.42. The smallest absolute Gasteiger partial charge is 0.134 e. The number of hydrogen-bond acceptors (Lipinski definition) is 5. The fourth-order valence-corrected chi connectivity index (χ4v) is 3.56. The van der Waals surface area contributed by atoms with Gasteiger partial charge in [0.2, 0.25) is 0 Å². The number of hydrogen-bond donors (Lipinski definition) is 1. The summed E-state index contributed by atoms with van der Waals surface area (Å²) in [6.45, 7) is 2.01. The molecule has 0 fully saturated rings. The molecule has 90 valence electrons. The van der Waals surface area contributed by atoms with E-state index in [1.807, 2.05) is 25.1 Å². The van der Waals surface area contributed by atoms with Crippen molar-refractivity contribution in [3.05, 3.63) is 40.0 Å². The fourth-order valence-electron chi connectivity index (χ4n) is 1.61. The van der Waals surface area contributed by atoms with Crippen LogP contribution in [0, 0.1) is 11.6 Å². The van der Waals surface area contributed by atoms with Crippen molar-refractivity contribution in [3.8, 4) is 20.5 Å². The fraction of sp³-hybridized carbons (Fsp3) is 0.0833. The van der Waals surface area contributed by atoms with E-state index in [9.17, 15) is 0 Å². The highest BCUT2D eigenvalue weighted by atomic mass is 32.1. The van der Waals surface area contributed by atoms with Crippen LogP contribution in [0.4, 0.5) is 0 Å². The molecule has 0 aliphatic carbocycles. The third kappa shape index (κ3) is 2.14. The molecule has 0 amide bonds. The van der Waals surface area contributed by atoms with E-state index in [1.54, 1.807) is 22.7 Å². The molecule has 3 heterocycles. The lowest BCUT2D eigenvalue weighted by molar-refractivity contribution is 1.02. The minimum atomic E-state index is 0.638. The maximum atomic E-state index is 5.00. The van der Waals surface area contributed by atoms with Crippen LogP contribution >= 0.6 is 34.9 Å². The maximum absolute atomic E-state index is 5.00. The molecule has 0 unspecified atom stereocenters. The summed E-state index contributed by atoms with van der Waals surface area (Å²) in [5.74, 6) is 0. The first kappa shape index (κ1) is 11.7. The van der Waals surface area contributed by atoms with E-state index in [0.717, 1.165) is 21.3 Å². The van der Waals surface area contributed by atoms with Crippen LogP contribution in [0.1, 0.15) is 5.69 Å². The molecule has 0 aromatic carbocycles. The molecular weight excluding hydrogens is 282 g/mol. The van der Waals surface area contributed by atoms with Crippen LogP contribution in [0.25, 0.3) is 20.5 Å². The monoisotopic (exact) mass is 291 g/mol. The van der Waals surface area contributed by atoms with E-state index in [-0.39, 0.29) is 0 Å². The molecule has 3 aromatic rings. The molecule has 3 nitrogen and oxygen atoms in total. The summed E-state index contributed by atoms with van der Waals surface area (Å²) in [6.07, 6.45) is 0. The lowest BCUT2D eigenvalue weighted by atomic mass is 10.3. The average Bonchev–Trinajstić information content (AvgIpc) is 2.99. The van der Waals surface area contributed by atoms with Crippen LogP contribution in [-0.4, -0.2) is 15.2 Å². The molecule has 0 aliphatic rings. The standard InChI is InChI=1S/C12H9N3S3/c1-7-11(8-4-5-10(16)15-14-8)18-12(13-7)9-3-2-6-17-9/h2-6H,1H3,(H,15,16). The maximum Gasteiger partial charge on any atom is 0.134 e. The highest BCUT2D eigenvalue weighted by Gasteiger charge is 2.12. The first-order valence-electron chi connectivity index (χ1n) is 5.31. The van der Waals surface area contributed by atoms with Gasteiger partial charge in [-0.1, -0.05) is 18.3 Å². The van der Waals surface area contributed by atoms with Gasteiger partial charge < -0.3 is 0 Å². The molecular formula is C12H9N3S3. The number of thiazole rings is 1.